The summed E-state index contributed by atoms with van der Waals surface area (Å²) in [6.45, 7) is 0. The summed E-state index contributed by atoms with van der Waals surface area (Å²) in [5.41, 5.74) is 1.47. The van der Waals surface area contributed by atoms with Crippen molar-refractivity contribution < 1.29 is 10.2 Å². The molecule has 1 aromatic heterocycles. The van der Waals surface area contributed by atoms with E-state index in [1.54, 1.807) is 6.08 Å². The highest BCUT2D eigenvalue weighted by Crippen LogP contribution is 2.36. The standard InChI is InChI=1S/C15H9Cl2NO2S/c16-9-5-8(7-12(19)14(9)20)6-10(17)15-18-11-3-1-2-4-13(11)21-15/h1-7,19-20H/b10-6-. The maximum atomic E-state index is 9.56. The number of phenols is 2. The second-order valence-electron chi connectivity index (χ2n) is 4.35. The molecule has 0 atom stereocenters. The molecule has 3 nitrogen and oxygen atoms in total. The average Bonchev–Trinajstić information content (AvgIpc) is 2.88. The Kier molecular flexibility index (Phi) is 3.76. The smallest absolute Gasteiger partial charge is 0.176 e. The Morgan fingerprint density at radius 3 is 2.67 bits per heavy atom. The minimum absolute atomic E-state index is 0.0648. The van der Waals surface area contributed by atoms with Gasteiger partial charge in [0, 0.05) is 0 Å². The second kappa shape index (κ2) is 5.56. The van der Waals surface area contributed by atoms with Crippen molar-refractivity contribution >= 4 is 55.9 Å². The number of nitrogens with zero attached hydrogens (tertiary/aromatic N) is 1. The number of rotatable bonds is 2. The van der Waals surface area contributed by atoms with Gasteiger partial charge in [-0.3, -0.25) is 0 Å². The van der Waals surface area contributed by atoms with E-state index in [0.717, 1.165) is 10.2 Å². The Hall–Kier alpha value is -1.75. The lowest BCUT2D eigenvalue weighted by atomic mass is 10.2. The lowest BCUT2D eigenvalue weighted by Gasteiger charge is -2.02. The van der Waals surface area contributed by atoms with Crippen molar-refractivity contribution in [2.45, 2.75) is 0 Å². The molecular weight excluding hydrogens is 329 g/mol. The molecule has 0 spiro atoms. The molecule has 2 aromatic carbocycles. The van der Waals surface area contributed by atoms with Crippen LogP contribution in [-0.4, -0.2) is 15.2 Å². The van der Waals surface area contributed by atoms with E-state index in [2.05, 4.69) is 4.98 Å². The predicted molar refractivity (Wildman–Crippen MR) is 88.1 cm³/mol. The number of halogens is 2. The normalized spacial score (nSPS) is 12.0. The molecule has 0 amide bonds. The number of fused-ring (bicyclic) bond motifs is 1. The van der Waals surface area contributed by atoms with Crippen LogP contribution >= 0.6 is 34.5 Å². The fraction of sp³-hybridized carbons (Fsp3) is 0. The van der Waals surface area contributed by atoms with Gasteiger partial charge in [0.2, 0.25) is 0 Å². The van der Waals surface area contributed by atoms with Crippen LogP contribution in [0.5, 0.6) is 11.5 Å². The van der Waals surface area contributed by atoms with Crippen LogP contribution in [0.2, 0.25) is 5.02 Å². The molecule has 0 aliphatic heterocycles. The van der Waals surface area contributed by atoms with Crippen molar-refractivity contribution in [3.63, 3.8) is 0 Å². The minimum atomic E-state index is -0.343. The van der Waals surface area contributed by atoms with Crippen LogP contribution in [0.4, 0.5) is 0 Å². The first kappa shape index (κ1) is 14.2. The van der Waals surface area contributed by atoms with Crippen molar-refractivity contribution in [3.05, 3.63) is 52.0 Å². The van der Waals surface area contributed by atoms with Crippen molar-refractivity contribution in [1.82, 2.24) is 4.98 Å². The lowest BCUT2D eigenvalue weighted by Crippen LogP contribution is -1.79. The third-order valence-electron chi connectivity index (χ3n) is 2.86. The minimum Gasteiger partial charge on any atom is -0.504 e. The highest BCUT2D eigenvalue weighted by Gasteiger charge is 2.09. The fourth-order valence-electron chi connectivity index (χ4n) is 1.87. The first-order valence-corrected chi connectivity index (χ1v) is 7.56. The fourth-order valence-corrected chi connectivity index (χ4v) is 3.25. The highest BCUT2D eigenvalue weighted by molar-refractivity contribution is 7.20. The Morgan fingerprint density at radius 1 is 1.19 bits per heavy atom. The van der Waals surface area contributed by atoms with Gasteiger partial charge in [-0.05, 0) is 35.9 Å². The summed E-state index contributed by atoms with van der Waals surface area (Å²) in [6, 6.07) is 10.7. The summed E-state index contributed by atoms with van der Waals surface area (Å²) in [4.78, 5) is 4.44. The zero-order valence-corrected chi connectivity index (χ0v) is 12.9. The third kappa shape index (κ3) is 2.83. The Morgan fingerprint density at radius 2 is 1.95 bits per heavy atom. The van der Waals surface area contributed by atoms with Crippen LogP contribution in [-0.2, 0) is 0 Å². The number of para-hydroxylation sites is 1. The van der Waals surface area contributed by atoms with Crippen molar-refractivity contribution in [2.75, 3.05) is 0 Å². The average molecular weight is 338 g/mol. The van der Waals surface area contributed by atoms with E-state index in [1.165, 1.54) is 23.5 Å². The summed E-state index contributed by atoms with van der Waals surface area (Å²) in [6.07, 6.45) is 1.64. The molecular formula is C15H9Cl2NO2S. The van der Waals surface area contributed by atoms with Gasteiger partial charge in [-0.25, -0.2) is 4.98 Å². The van der Waals surface area contributed by atoms with Crippen LogP contribution in [0.3, 0.4) is 0 Å². The largest absolute Gasteiger partial charge is 0.504 e. The Labute approximate surface area is 134 Å². The Bertz CT molecular complexity index is 802. The van der Waals surface area contributed by atoms with E-state index in [1.807, 2.05) is 24.3 Å². The van der Waals surface area contributed by atoms with Crippen LogP contribution in [0, 0.1) is 0 Å². The van der Waals surface area contributed by atoms with Gasteiger partial charge in [0.25, 0.3) is 0 Å². The van der Waals surface area contributed by atoms with Crippen LogP contribution in [0.15, 0.2) is 36.4 Å². The molecule has 106 valence electrons. The van der Waals surface area contributed by atoms with Gasteiger partial charge in [0.05, 0.1) is 20.3 Å². The quantitative estimate of drug-likeness (QED) is 0.639. The number of benzene rings is 2. The monoisotopic (exact) mass is 337 g/mol. The number of phenolic OH excluding ortho intramolecular Hbond substituents is 2. The van der Waals surface area contributed by atoms with Crippen molar-refractivity contribution in [3.8, 4) is 11.5 Å². The molecule has 0 fully saturated rings. The second-order valence-corrected chi connectivity index (χ2v) is 6.19. The van der Waals surface area contributed by atoms with E-state index in [4.69, 9.17) is 23.2 Å². The molecule has 2 N–H and O–H groups in total. The number of aromatic hydroxyl groups is 2. The van der Waals surface area contributed by atoms with Gasteiger partial charge in [0.15, 0.2) is 11.5 Å². The van der Waals surface area contributed by atoms with E-state index in [-0.39, 0.29) is 16.5 Å². The van der Waals surface area contributed by atoms with Gasteiger partial charge in [-0.15, -0.1) is 11.3 Å². The highest BCUT2D eigenvalue weighted by atomic mass is 35.5. The lowest BCUT2D eigenvalue weighted by molar-refractivity contribution is 0.404. The first-order valence-electron chi connectivity index (χ1n) is 5.99. The number of thiazole rings is 1. The van der Waals surface area contributed by atoms with Crippen LogP contribution in [0.25, 0.3) is 21.3 Å². The van der Waals surface area contributed by atoms with E-state index >= 15 is 0 Å². The third-order valence-corrected chi connectivity index (χ3v) is 4.62. The summed E-state index contributed by atoms with van der Waals surface area (Å²) in [5.74, 6) is -0.632. The van der Waals surface area contributed by atoms with E-state index in [0.29, 0.717) is 15.6 Å². The molecule has 3 aromatic rings. The molecule has 0 aliphatic rings. The molecule has 1 heterocycles. The predicted octanol–water partition coefficient (Wildman–Crippen LogP) is 5.10. The van der Waals surface area contributed by atoms with Gasteiger partial charge >= 0.3 is 0 Å². The molecule has 0 unspecified atom stereocenters. The maximum absolute atomic E-state index is 9.56. The SMILES string of the molecule is Oc1cc(/C=C(\Cl)c2nc3ccccc3s2)cc(Cl)c1O. The number of hydrogen-bond acceptors (Lipinski definition) is 4. The van der Waals surface area contributed by atoms with E-state index in [9.17, 15) is 10.2 Å². The van der Waals surface area contributed by atoms with E-state index < -0.39 is 0 Å². The molecule has 6 heteroatoms. The number of hydrogen-bond donors (Lipinski definition) is 2. The summed E-state index contributed by atoms with van der Waals surface area (Å²) in [7, 11) is 0. The van der Waals surface area contributed by atoms with Gasteiger partial charge in [-0.2, -0.15) is 0 Å². The van der Waals surface area contributed by atoms with Gasteiger partial charge in [0.1, 0.15) is 5.01 Å². The van der Waals surface area contributed by atoms with Crippen LogP contribution < -0.4 is 0 Å². The summed E-state index contributed by atoms with van der Waals surface area (Å²) >= 11 is 13.6. The van der Waals surface area contributed by atoms with Gasteiger partial charge < -0.3 is 10.2 Å². The molecule has 0 saturated carbocycles. The molecule has 0 aliphatic carbocycles. The zero-order chi connectivity index (χ0) is 15.0. The molecule has 3 rings (SSSR count). The Balaban J connectivity index is 2.02. The molecule has 0 bridgehead atoms. The van der Waals surface area contributed by atoms with Crippen molar-refractivity contribution in [2.24, 2.45) is 0 Å². The van der Waals surface area contributed by atoms with Crippen molar-refractivity contribution in [1.29, 1.82) is 0 Å². The van der Waals surface area contributed by atoms with Crippen LogP contribution in [0.1, 0.15) is 10.6 Å². The maximum Gasteiger partial charge on any atom is 0.176 e. The topological polar surface area (TPSA) is 53.4 Å². The summed E-state index contributed by atoms with van der Waals surface area (Å²) in [5, 5.41) is 20.2. The first-order chi connectivity index (χ1) is 10.0. The number of aromatic nitrogens is 1. The van der Waals surface area contributed by atoms with Gasteiger partial charge in [-0.1, -0.05) is 35.3 Å². The summed E-state index contributed by atoms with van der Waals surface area (Å²) < 4.78 is 1.05. The zero-order valence-electron chi connectivity index (χ0n) is 10.5. The molecule has 21 heavy (non-hydrogen) atoms. The molecule has 0 radical (unpaired) electrons. The molecule has 0 saturated heterocycles.